The fraction of sp³-hybridized carbons (Fsp3) is 0.316. The van der Waals surface area contributed by atoms with Crippen LogP contribution in [0.25, 0.3) is 0 Å². The van der Waals surface area contributed by atoms with E-state index in [4.69, 9.17) is 0 Å². The van der Waals surface area contributed by atoms with Crippen molar-refractivity contribution in [1.29, 1.82) is 0 Å². The predicted molar refractivity (Wildman–Crippen MR) is 84.7 cm³/mol. The average Bonchev–Trinajstić information content (AvgIpc) is 2.54. The fourth-order valence-electron chi connectivity index (χ4n) is 3.14. The number of benzene rings is 2. The minimum atomic E-state index is -0.867. The van der Waals surface area contributed by atoms with Gasteiger partial charge in [-0.05, 0) is 23.3 Å². The molecule has 1 aliphatic rings. The quantitative estimate of drug-likeness (QED) is 0.849. The van der Waals surface area contributed by atoms with E-state index in [2.05, 4.69) is 4.90 Å². The maximum absolute atomic E-state index is 13.6. The van der Waals surface area contributed by atoms with Crippen LogP contribution >= 0.6 is 0 Å². The zero-order valence-corrected chi connectivity index (χ0v) is 13.0. The summed E-state index contributed by atoms with van der Waals surface area (Å²) < 4.78 is 26.8. The molecule has 0 N–H and O–H groups in total. The van der Waals surface area contributed by atoms with Gasteiger partial charge in [-0.1, -0.05) is 43.3 Å². The molecule has 1 aliphatic heterocycles. The van der Waals surface area contributed by atoms with Crippen molar-refractivity contribution < 1.29 is 13.6 Å². The highest BCUT2D eigenvalue weighted by Gasteiger charge is 2.33. The highest BCUT2D eigenvalue weighted by atomic mass is 19.2. The molecule has 0 bridgehead atoms. The molecule has 2 atom stereocenters. The normalized spacial score (nSPS) is 22.3. The molecule has 120 valence electrons. The molecule has 2 aromatic rings. The Kier molecular flexibility index (Phi) is 4.53. The molecule has 1 saturated heterocycles. The van der Waals surface area contributed by atoms with Crippen LogP contribution in [0.2, 0.25) is 0 Å². The van der Waals surface area contributed by atoms with Gasteiger partial charge in [-0.2, -0.15) is 0 Å². The van der Waals surface area contributed by atoms with Crippen LogP contribution in [0.5, 0.6) is 0 Å². The first-order valence-electron chi connectivity index (χ1n) is 7.80. The summed E-state index contributed by atoms with van der Waals surface area (Å²) in [5, 5.41) is 0. The third-order valence-corrected chi connectivity index (χ3v) is 4.45. The summed E-state index contributed by atoms with van der Waals surface area (Å²) in [4.78, 5) is 14.3. The summed E-state index contributed by atoms with van der Waals surface area (Å²) in [6.45, 7) is 3.22. The van der Waals surface area contributed by atoms with E-state index in [-0.39, 0.29) is 17.7 Å². The molecule has 4 heteroatoms. The first-order chi connectivity index (χ1) is 11.0. The van der Waals surface area contributed by atoms with Crippen molar-refractivity contribution in [3.63, 3.8) is 0 Å². The standard InChI is InChI=1S/C19H19F2NO/c1-13-11-22(12-14-5-3-2-4-6-14)18(10-19(13)23)15-7-8-16(20)17(21)9-15/h2-9,13,18H,10-12H2,1H3. The van der Waals surface area contributed by atoms with Crippen LogP contribution in [-0.2, 0) is 11.3 Å². The van der Waals surface area contributed by atoms with E-state index < -0.39 is 11.6 Å². The van der Waals surface area contributed by atoms with Gasteiger partial charge < -0.3 is 0 Å². The molecule has 0 amide bonds. The Bertz CT molecular complexity index is 702. The number of ketones is 1. The molecule has 0 spiro atoms. The Hall–Kier alpha value is -2.07. The van der Waals surface area contributed by atoms with Gasteiger partial charge >= 0.3 is 0 Å². The van der Waals surface area contributed by atoms with Crippen LogP contribution in [-0.4, -0.2) is 17.2 Å². The number of carbonyl (C=O) groups is 1. The number of nitrogens with zero attached hydrogens (tertiary/aromatic N) is 1. The Morgan fingerprint density at radius 3 is 2.52 bits per heavy atom. The van der Waals surface area contributed by atoms with Crippen molar-refractivity contribution in [3.8, 4) is 0 Å². The SMILES string of the molecule is CC1CN(Cc2ccccc2)C(c2ccc(F)c(F)c2)CC1=O. The van der Waals surface area contributed by atoms with Gasteiger partial charge in [-0.15, -0.1) is 0 Å². The summed E-state index contributed by atoms with van der Waals surface area (Å²) in [5.74, 6) is -1.60. The number of Topliss-reactive ketones (excluding diaryl/α,β-unsaturated/α-hetero) is 1. The lowest BCUT2D eigenvalue weighted by molar-refractivity contribution is -0.128. The van der Waals surface area contributed by atoms with Crippen molar-refractivity contribution >= 4 is 5.78 Å². The Labute approximate surface area is 134 Å². The van der Waals surface area contributed by atoms with Gasteiger partial charge in [-0.3, -0.25) is 9.69 Å². The van der Waals surface area contributed by atoms with Crippen LogP contribution < -0.4 is 0 Å². The molecule has 0 saturated carbocycles. The molecular formula is C19H19F2NO. The van der Waals surface area contributed by atoms with Crippen molar-refractivity contribution in [1.82, 2.24) is 4.90 Å². The number of likely N-dealkylation sites (tertiary alicyclic amines) is 1. The maximum atomic E-state index is 13.6. The van der Waals surface area contributed by atoms with E-state index in [0.29, 0.717) is 25.1 Å². The van der Waals surface area contributed by atoms with Gasteiger partial charge in [0, 0.05) is 31.5 Å². The van der Waals surface area contributed by atoms with E-state index in [1.165, 1.54) is 6.07 Å². The molecule has 3 rings (SSSR count). The van der Waals surface area contributed by atoms with E-state index in [9.17, 15) is 13.6 Å². The third kappa shape index (κ3) is 3.48. The summed E-state index contributed by atoms with van der Waals surface area (Å²) >= 11 is 0. The molecular weight excluding hydrogens is 296 g/mol. The van der Waals surface area contributed by atoms with Gasteiger partial charge in [0.15, 0.2) is 11.6 Å². The second-order valence-corrected chi connectivity index (χ2v) is 6.18. The van der Waals surface area contributed by atoms with Gasteiger partial charge in [0.25, 0.3) is 0 Å². The largest absolute Gasteiger partial charge is 0.299 e. The van der Waals surface area contributed by atoms with E-state index in [0.717, 1.165) is 11.6 Å². The van der Waals surface area contributed by atoms with Crippen molar-refractivity contribution in [3.05, 3.63) is 71.3 Å². The average molecular weight is 315 g/mol. The first-order valence-corrected chi connectivity index (χ1v) is 7.80. The molecule has 0 aliphatic carbocycles. The Morgan fingerprint density at radius 1 is 1.09 bits per heavy atom. The number of hydrogen-bond donors (Lipinski definition) is 0. The molecule has 1 fully saturated rings. The minimum absolute atomic E-state index is 0.0414. The highest BCUT2D eigenvalue weighted by Crippen LogP contribution is 2.33. The van der Waals surface area contributed by atoms with Crippen LogP contribution in [0.1, 0.15) is 30.5 Å². The number of halogens is 2. The number of rotatable bonds is 3. The van der Waals surface area contributed by atoms with E-state index >= 15 is 0 Å². The van der Waals surface area contributed by atoms with E-state index in [1.54, 1.807) is 6.07 Å². The van der Waals surface area contributed by atoms with Crippen LogP contribution in [0.3, 0.4) is 0 Å². The first kappa shape index (κ1) is 15.8. The molecule has 0 radical (unpaired) electrons. The van der Waals surface area contributed by atoms with Crippen molar-refractivity contribution in [2.45, 2.75) is 25.9 Å². The second kappa shape index (κ2) is 6.59. The molecule has 0 aromatic heterocycles. The zero-order chi connectivity index (χ0) is 16.4. The Balaban J connectivity index is 1.89. The lowest BCUT2D eigenvalue weighted by Gasteiger charge is -2.38. The smallest absolute Gasteiger partial charge is 0.159 e. The van der Waals surface area contributed by atoms with Crippen LogP contribution in [0, 0.1) is 17.6 Å². The van der Waals surface area contributed by atoms with Gasteiger partial charge in [-0.25, -0.2) is 8.78 Å². The Morgan fingerprint density at radius 2 is 1.83 bits per heavy atom. The van der Waals surface area contributed by atoms with Crippen molar-refractivity contribution in [2.24, 2.45) is 5.92 Å². The van der Waals surface area contributed by atoms with Crippen LogP contribution in [0.4, 0.5) is 8.78 Å². The maximum Gasteiger partial charge on any atom is 0.159 e. The van der Waals surface area contributed by atoms with Gasteiger partial charge in [0.05, 0.1) is 0 Å². The summed E-state index contributed by atoms with van der Waals surface area (Å²) in [6, 6.07) is 13.7. The predicted octanol–water partition coefficient (Wildman–Crippen LogP) is 4.12. The lowest BCUT2D eigenvalue weighted by atomic mass is 9.88. The molecule has 1 heterocycles. The minimum Gasteiger partial charge on any atom is -0.299 e. The number of carbonyl (C=O) groups excluding carboxylic acids is 1. The van der Waals surface area contributed by atoms with E-state index in [1.807, 2.05) is 37.3 Å². The van der Waals surface area contributed by atoms with Crippen molar-refractivity contribution in [2.75, 3.05) is 6.54 Å². The van der Waals surface area contributed by atoms with Gasteiger partial charge in [0.1, 0.15) is 5.78 Å². The summed E-state index contributed by atoms with van der Waals surface area (Å²) in [6.07, 6.45) is 0.332. The van der Waals surface area contributed by atoms with Crippen LogP contribution in [0.15, 0.2) is 48.5 Å². The highest BCUT2D eigenvalue weighted by molar-refractivity contribution is 5.82. The number of hydrogen-bond acceptors (Lipinski definition) is 2. The second-order valence-electron chi connectivity index (χ2n) is 6.18. The summed E-state index contributed by atoms with van der Waals surface area (Å²) in [7, 11) is 0. The lowest BCUT2D eigenvalue weighted by Crippen LogP contribution is -2.41. The third-order valence-electron chi connectivity index (χ3n) is 4.45. The molecule has 23 heavy (non-hydrogen) atoms. The fourth-order valence-corrected chi connectivity index (χ4v) is 3.14. The summed E-state index contributed by atoms with van der Waals surface area (Å²) in [5.41, 5.74) is 1.79. The molecule has 2 unspecified atom stereocenters. The topological polar surface area (TPSA) is 20.3 Å². The number of piperidine rings is 1. The molecule has 2 aromatic carbocycles. The van der Waals surface area contributed by atoms with Gasteiger partial charge in [0.2, 0.25) is 0 Å². The monoisotopic (exact) mass is 315 g/mol. The molecule has 2 nitrogen and oxygen atoms in total. The zero-order valence-electron chi connectivity index (χ0n) is 13.0.